The predicted octanol–water partition coefficient (Wildman–Crippen LogP) is 3.58. The Morgan fingerprint density at radius 1 is 1.23 bits per heavy atom. The maximum atomic E-state index is 13.3. The van der Waals surface area contributed by atoms with Crippen molar-refractivity contribution in [1.29, 1.82) is 0 Å². The second kappa shape index (κ2) is 8.13. The summed E-state index contributed by atoms with van der Waals surface area (Å²) in [6, 6.07) is 9.29. The van der Waals surface area contributed by atoms with Gasteiger partial charge in [0, 0.05) is 30.9 Å². The van der Waals surface area contributed by atoms with Crippen LogP contribution in [0.3, 0.4) is 0 Å². The third kappa shape index (κ3) is 3.68. The fourth-order valence-electron chi connectivity index (χ4n) is 3.84. The van der Waals surface area contributed by atoms with E-state index in [9.17, 15) is 4.79 Å². The number of halogens is 1. The quantitative estimate of drug-likeness (QED) is 0.526. The van der Waals surface area contributed by atoms with Gasteiger partial charge in [0.25, 0.3) is 5.91 Å². The van der Waals surface area contributed by atoms with Crippen molar-refractivity contribution in [3.05, 3.63) is 65.3 Å². The van der Waals surface area contributed by atoms with Gasteiger partial charge in [0.05, 0.1) is 41.9 Å². The summed E-state index contributed by atoms with van der Waals surface area (Å²) in [5.74, 6) is -0.130. The number of carbonyl (C=O) groups is 1. The Morgan fingerprint density at radius 2 is 2.06 bits per heavy atom. The maximum Gasteiger partial charge on any atom is 0.273 e. The molecule has 1 amide bonds. The van der Waals surface area contributed by atoms with Gasteiger partial charge in [-0.2, -0.15) is 5.10 Å². The highest BCUT2D eigenvalue weighted by molar-refractivity contribution is 6.36. The number of nitrogens with one attached hydrogen (secondary N) is 1. The Labute approximate surface area is 183 Å². The number of anilines is 1. The summed E-state index contributed by atoms with van der Waals surface area (Å²) >= 11 is 6.49. The van der Waals surface area contributed by atoms with Crippen molar-refractivity contribution in [2.45, 2.75) is 13.0 Å². The lowest BCUT2D eigenvalue weighted by atomic mass is 10.0. The van der Waals surface area contributed by atoms with Gasteiger partial charge in [-0.1, -0.05) is 23.7 Å². The lowest BCUT2D eigenvalue weighted by Crippen LogP contribution is -2.41. The summed E-state index contributed by atoms with van der Waals surface area (Å²) in [5.41, 5.74) is 2.67. The van der Waals surface area contributed by atoms with Crippen LogP contribution in [0.15, 0.2) is 48.9 Å². The Hall–Kier alpha value is -3.23. The lowest BCUT2D eigenvalue weighted by molar-refractivity contribution is 0.0300. The number of nitrogens with zero attached hydrogens (tertiary/aromatic N) is 5. The SMILES string of the molecule is CC(Nc1ccnn2ccnc12)c1cc2cccc(Cl)c2c(C(=O)N2CCOCC2)n1. The molecule has 5 rings (SSSR count). The van der Waals surface area contributed by atoms with Crippen molar-refractivity contribution in [1.82, 2.24) is 24.5 Å². The minimum atomic E-state index is -0.178. The molecule has 4 heterocycles. The number of pyridine rings is 1. The number of aromatic nitrogens is 4. The number of imidazole rings is 1. The number of hydrogen-bond donors (Lipinski definition) is 1. The molecule has 8 nitrogen and oxygen atoms in total. The minimum Gasteiger partial charge on any atom is -0.378 e. The average Bonchev–Trinajstić information content (AvgIpc) is 3.28. The monoisotopic (exact) mass is 436 g/mol. The van der Waals surface area contributed by atoms with Crippen LogP contribution in [0.5, 0.6) is 0 Å². The van der Waals surface area contributed by atoms with Crippen molar-refractivity contribution in [2.24, 2.45) is 0 Å². The Kier molecular flexibility index (Phi) is 5.17. The van der Waals surface area contributed by atoms with Crippen molar-refractivity contribution in [3.8, 4) is 0 Å². The van der Waals surface area contributed by atoms with Gasteiger partial charge in [0.2, 0.25) is 0 Å². The Bertz CT molecular complexity index is 1270. The molecular weight excluding hydrogens is 416 g/mol. The summed E-state index contributed by atoms with van der Waals surface area (Å²) < 4.78 is 7.09. The standard InChI is InChI=1S/C22H21ClN6O2/c1-14(26-17-5-6-25-29-8-7-24-21(17)29)18-13-15-3-2-4-16(23)19(15)20(27-18)22(30)28-9-11-31-12-10-28/h2-8,13-14,26H,9-12H2,1H3. The first-order chi connectivity index (χ1) is 15.1. The normalized spacial score (nSPS) is 15.4. The molecule has 31 heavy (non-hydrogen) atoms. The van der Waals surface area contributed by atoms with Crippen LogP contribution >= 0.6 is 11.6 Å². The summed E-state index contributed by atoms with van der Waals surface area (Å²) in [5, 5.41) is 9.76. The van der Waals surface area contributed by atoms with Crippen LogP contribution in [0, 0.1) is 0 Å². The molecule has 0 aliphatic carbocycles. The molecule has 1 N–H and O–H groups in total. The van der Waals surface area contributed by atoms with E-state index in [1.165, 1.54) is 0 Å². The van der Waals surface area contributed by atoms with Gasteiger partial charge in [-0.05, 0) is 30.5 Å². The van der Waals surface area contributed by atoms with Crippen LogP contribution in [0.25, 0.3) is 16.4 Å². The van der Waals surface area contributed by atoms with Crippen molar-refractivity contribution >= 4 is 39.6 Å². The van der Waals surface area contributed by atoms with Gasteiger partial charge in [-0.25, -0.2) is 14.5 Å². The number of morpholine rings is 1. The van der Waals surface area contributed by atoms with E-state index >= 15 is 0 Å². The fraction of sp³-hybridized carbons (Fsp3) is 0.273. The largest absolute Gasteiger partial charge is 0.378 e. The second-order valence-electron chi connectivity index (χ2n) is 7.44. The second-order valence-corrected chi connectivity index (χ2v) is 7.85. The van der Waals surface area contributed by atoms with E-state index in [1.807, 2.05) is 31.2 Å². The highest BCUT2D eigenvalue weighted by atomic mass is 35.5. The number of fused-ring (bicyclic) bond motifs is 2. The van der Waals surface area contributed by atoms with Crippen molar-refractivity contribution < 1.29 is 9.53 Å². The van der Waals surface area contributed by atoms with Crippen LogP contribution in [-0.2, 0) is 4.74 Å². The van der Waals surface area contributed by atoms with E-state index in [0.717, 1.165) is 22.4 Å². The molecule has 1 saturated heterocycles. The lowest BCUT2D eigenvalue weighted by Gasteiger charge is -2.27. The zero-order chi connectivity index (χ0) is 21.4. The predicted molar refractivity (Wildman–Crippen MR) is 119 cm³/mol. The van der Waals surface area contributed by atoms with Crippen LogP contribution in [-0.4, -0.2) is 56.7 Å². The summed E-state index contributed by atoms with van der Waals surface area (Å²) in [4.78, 5) is 24.3. The van der Waals surface area contributed by atoms with Gasteiger partial charge >= 0.3 is 0 Å². The molecule has 1 aromatic carbocycles. The first-order valence-corrected chi connectivity index (χ1v) is 10.5. The molecule has 3 aromatic heterocycles. The van der Waals surface area contributed by atoms with Gasteiger partial charge in [-0.3, -0.25) is 4.79 Å². The molecule has 0 spiro atoms. The van der Waals surface area contributed by atoms with E-state index in [4.69, 9.17) is 21.3 Å². The van der Waals surface area contributed by atoms with Gasteiger partial charge in [0.1, 0.15) is 5.69 Å². The van der Waals surface area contributed by atoms with E-state index in [0.29, 0.717) is 42.4 Å². The van der Waals surface area contributed by atoms with E-state index in [1.54, 1.807) is 34.1 Å². The fourth-order valence-corrected chi connectivity index (χ4v) is 4.11. The smallest absolute Gasteiger partial charge is 0.273 e. The van der Waals surface area contributed by atoms with Gasteiger partial charge in [0.15, 0.2) is 5.65 Å². The number of hydrogen-bond acceptors (Lipinski definition) is 6. The molecular formula is C22H21ClN6O2. The molecule has 1 aliphatic heterocycles. The summed E-state index contributed by atoms with van der Waals surface area (Å²) in [6.07, 6.45) is 5.21. The number of amides is 1. The summed E-state index contributed by atoms with van der Waals surface area (Å²) in [6.45, 7) is 4.13. The Morgan fingerprint density at radius 3 is 2.90 bits per heavy atom. The summed E-state index contributed by atoms with van der Waals surface area (Å²) in [7, 11) is 0. The first-order valence-electron chi connectivity index (χ1n) is 10.1. The Balaban J connectivity index is 1.55. The minimum absolute atomic E-state index is 0.130. The third-order valence-electron chi connectivity index (χ3n) is 5.44. The van der Waals surface area contributed by atoms with Crippen LogP contribution < -0.4 is 5.32 Å². The van der Waals surface area contributed by atoms with E-state index < -0.39 is 0 Å². The molecule has 4 aromatic rings. The first kappa shape index (κ1) is 19.7. The average molecular weight is 437 g/mol. The van der Waals surface area contributed by atoms with E-state index in [-0.39, 0.29) is 11.9 Å². The molecule has 0 bridgehead atoms. The zero-order valence-corrected chi connectivity index (χ0v) is 17.7. The van der Waals surface area contributed by atoms with Crippen LogP contribution in [0.4, 0.5) is 5.69 Å². The number of ether oxygens (including phenoxy) is 1. The molecule has 0 saturated carbocycles. The highest BCUT2D eigenvalue weighted by Gasteiger charge is 2.24. The molecule has 1 unspecified atom stereocenters. The number of carbonyl (C=O) groups excluding carboxylic acids is 1. The molecule has 158 valence electrons. The van der Waals surface area contributed by atoms with Crippen LogP contribution in [0.2, 0.25) is 5.02 Å². The molecule has 1 aliphatic rings. The van der Waals surface area contributed by atoms with Crippen LogP contribution in [0.1, 0.15) is 29.1 Å². The molecule has 0 radical (unpaired) electrons. The molecule has 1 fully saturated rings. The highest BCUT2D eigenvalue weighted by Crippen LogP contribution is 2.30. The zero-order valence-electron chi connectivity index (χ0n) is 17.0. The topological polar surface area (TPSA) is 84.7 Å². The molecule has 1 atom stereocenters. The van der Waals surface area contributed by atoms with Gasteiger partial charge in [-0.15, -0.1) is 0 Å². The van der Waals surface area contributed by atoms with E-state index in [2.05, 4.69) is 15.4 Å². The van der Waals surface area contributed by atoms with Crippen molar-refractivity contribution in [3.63, 3.8) is 0 Å². The van der Waals surface area contributed by atoms with Gasteiger partial charge < -0.3 is 15.0 Å². The maximum absolute atomic E-state index is 13.3. The third-order valence-corrected chi connectivity index (χ3v) is 5.75. The molecule has 9 heteroatoms. The number of benzene rings is 1. The van der Waals surface area contributed by atoms with Crippen molar-refractivity contribution in [2.75, 3.05) is 31.6 Å². The number of rotatable bonds is 4.